The van der Waals surface area contributed by atoms with E-state index in [1.807, 2.05) is 0 Å². The maximum Gasteiger partial charge on any atom is 0.337 e. The van der Waals surface area contributed by atoms with E-state index in [4.69, 9.17) is 15.3 Å². The molecule has 0 amide bonds. The van der Waals surface area contributed by atoms with Crippen molar-refractivity contribution in [1.29, 1.82) is 0 Å². The maximum absolute atomic E-state index is 10.8. The third kappa shape index (κ3) is 2.93. The largest absolute Gasteiger partial charge is 0.479 e. The zero-order valence-corrected chi connectivity index (χ0v) is 8.20. The van der Waals surface area contributed by atoms with E-state index in [1.54, 1.807) is 30.3 Å². The molecule has 0 saturated heterocycles. The number of carboxylic acid groups (broad SMARTS) is 2. The third-order valence-corrected chi connectivity index (χ3v) is 1.90. The molecule has 1 unspecified atom stereocenters. The van der Waals surface area contributed by atoms with Gasteiger partial charge in [0.2, 0.25) is 0 Å². The zero-order chi connectivity index (χ0) is 12.1. The summed E-state index contributed by atoms with van der Waals surface area (Å²) < 4.78 is 0. The van der Waals surface area contributed by atoms with Crippen LogP contribution in [0.4, 0.5) is 0 Å². The summed E-state index contributed by atoms with van der Waals surface area (Å²) in [5.41, 5.74) is -0.0566. The maximum atomic E-state index is 10.8. The second-order valence-corrected chi connectivity index (χ2v) is 3.06. The van der Waals surface area contributed by atoms with Crippen LogP contribution in [-0.2, 0) is 9.59 Å². The van der Waals surface area contributed by atoms with Crippen LogP contribution in [0, 0.1) is 0 Å². The van der Waals surface area contributed by atoms with E-state index in [2.05, 4.69) is 0 Å². The molecule has 1 aromatic carbocycles. The molecule has 1 rings (SSSR count). The summed E-state index contributed by atoms with van der Waals surface area (Å²) in [6.07, 6.45) is -0.904. The van der Waals surface area contributed by atoms with Crippen molar-refractivity contribution in [3.63, 3.8) is 0 Å². The van der Waals surface area contributed by atoms with Gasteiger partial charge in [-0.3, -0.25) is 0 Å². The Kier molecular flexibility index (Phi) is 3.79. The Morgan fingerprint density at radius 2 is 1.69 bits per heavy atom. The van der Waals surface area contributed by atoms with Crippen molar-refractivity contribution in [2.45, 2.75) is 6.10 Å². The molecule has 3 N–H and O–H groups in total. The van der Waals surface area contributed by atoms with Gasteiger partial charge in [-0.1, -0.05) is 30.3 Å². The molecule has 0 aliphatic rings. The smallest absolute Gasteiger partial charge is 0.337 e. The van der Waals surface area contributed by atoms with Crippen LogP contribution in [0.1, 0.15) is 5.56 Å². The number of benzene rings is 1. The lowest BCUT2D eigenvalue weighted by Crippen LogP contribution is -2.26. The first-order valence-electron chi connectivity index (χ1n) is 4.43. The summed E-state index contributed by atoms with van der Waals surface area (Å²) in [5.74, 6) is -3.05. The van der Waals surface area contributed by atoms with Gasteiger partial charge in [0, 0.05) is 0 Å². The average molecular weight is 222 g/mol. The molecule has 0 spiro atoms. The molecule has 0 saturated carbocycles. The molecule has 0 fully saturated rings. The Balaban J connectivity index is 3.08. The topological polar surface area (TPSA) is 94.8 Å². The van der Waals surface area contributed by atoms with Crippen LogP contribution in [0.5, 0.6) is 0 Å². The SMILES string of the molecule is O=C(O)C(=Cc1ccccc1)C(O)C(=O)O. The average Bonchev–Trinajstić information content (AvgIpc) is 2.26. The first kappa shape index (κ1) is 11.9. The summed E-state index contributed by atoms with van der Waals surface area (Å²) in [4.78, 5) is 21.2. The van der Waals surface area contributed by atoms with Gasteiger partial charge in [-0.25, -0.2) is 9.59 Å². The number of aliphatic hydroxyl groups is 1. The minimum absolute atomic E-state index is 0.514. The predicted octanol–water partition coefficient (Wildman–Crippen LogP) is 0.600. The van der Waals surface area contributed by atoms with Gasteiger partial charge in [0.25, 0.3) is 0 Å². The number of aliphatic hydroxyl groups excluding tert-OH is 1. The minimum Gasteiger partial charge on any atom is -0.479 e. The Morgan fingerprint density at radius 3 is 2.12 bits per heavy atom. The van der Waals surface area contributed by atoms with Crippen LogP contribution in [-0.4, -0.2) is 33.4 Å². The number of aliphatic carboxylic acids is 2. The Morgan fingerprint density at radius 1 is 1.12 bits per heavy atom. The molecule has 5 heteroatoms. The van der Waals surface area contributed by atoms with Crippen LogP contribution in [0.25, 0.3) is 6.08 Å². The predicted molar refractivity (Wildman–Crippen MR) is 55.7 cm³/mol. The molecule has 0 aromatic heterocycles. The van der Waals surface area contributed by atoms with Crippen molar-refractivity contribution in [3.8, 4) is 0 Å². The number of hydrogen-bond donors (Lipinski definition) is 3. The summed E-state index contributed by atoms with van der Waals surface area (Å²) in [5, 5.41) is 26.5. The molecule has 0 aliphatic heterocycles. The highest BCUT2D eigenvalue weighted by Crippen LogP contribution is 2.10. The monoisotopic (exact) mass is 222 g/mol. The quantitative estimate of drug-likeness (QED) is 0.648. The van der Waals surface area contributed by atoms with Crippen molar-refractivity contribution >= 4 is 18.0 Å². The van der Waals surface area contributed by atoms with Crippen molar-refractivity contribution < 1.29 is 24.9 Å². The summed E-state index contributed by atoms with van der Waals surface area (Å²) >= 11 is 0. The fourth-order valence-electron chi connectivity index (χ4n) is 1.12. The van der Waals surface area contributed by atoms with Gasteiger partial charge in [0.1, 0.15) is 0 Å². The molecule has 0 aliphatic carbocycles. The second kappa shape index (κ2) is 5.09. The minimum atomic E-state index is -2.03. The van der Waals surface area contributed by atoms with E-state index >= 15 is 0 Å². The van der Waals surface area contributed by atoms with E-state index in [-0.39, 0.29) is 0 Å². The highest BCUT2D eigenvalue weighted by atomic mass is 16.4. The molecule has 0 heterocycles. The Labute approximate surface area is 91.3 Å². The van der Waals surface area contributed by atoms with Gasteiger partial charge in [0.05, 0.1) is 5.57 Å². The first-order valence-corrected chi connectivity index (χ1v) is 4.43. The van der Waals surface area contributed by atoms with Crippen molar-refractivity contribution in [3.05, 3.63) is 41.5 Å². The van der Waals surface area contributed by atoms with Gasteiger partial charge < -0.3 is 15.3 Å². The normalized spacial score (nSPS) is 13.2. The molecule has 5 nitrogen and oxygen atoms in total. The van der Waals surface area contributed by atoms with Gasteiger partial charge in [0.15, 0.2) is 6.10 Å². The molecule has 16 heavy (non-hydrogen) atoms. The van der Waals surface area contributed by atoms with E-state index in [1.165, 1.54) is 0 Å². The van der Waals surface area contributed by atoms with E-state index in [0.717, 1.165) is 6.08 Å². The highest BCUT2D eigenvalue weighted by Gasteiger charge is 2.24. The lowest BCUT2D eigenvalue weighted by molar-refractivity contribution is -0.147. The van der Waals surface area contributed by atoms with E-state index in [9.17, 15) is 9.59 Å². The molecule has 1 aromatic rings. The van der Waals surface area contributed by atoms with Crippen molar-refractivity contribution in [2.75, 3.05) is 0 Å². The Hall–Kier alpha value is -2.14. The molecular weight excluding hydrogens is 212 g/mol. The van der Waals surface area contributed by atoms with Crippen LogP contribution in [0.2, 0.25) is 0 Å². The molecular formula is C11H10O5. The van der Waals surface area contributed by atoms with Crippen LogP contribution >= 0.6 is 0 Å². The van der Waals surface area contributed by atoms with Crippen LogP contribution in [0.3, 0.4) is 0 Å². The fraction of sp³-hybridized carbons (Fsp3) is 0.0909. The highest BCUT2D eigenvalue weighted by molar-refractivity contribution is 5.99. The number of hydrogen-bond acceptors (Lipinski definition) is 3. The van der Waals surface area contributed by atoms with Crippen LogP contribution in [0.15, 0.2) is 35.9 Å². The number of carbonyl (C=O) groups is 2. The summed E-state index contributed by atoms with van der Waals surface area (Å²) in [6, 6.07) is 8.32. The van der Waals surface area contributed by atoms with Crippen LogP contribution < -0.4 is 0 Å². The lowest BCUT2D eigenvalue weighted by atomic mass is 10.1. The molecule has 0 radical (unpaired) electrons. The first-order chi connectivity index (χ1) is 7.52. The Bertz CT molecular complexity index is 421. The van der Waals surface area contributed by atoms with E-state index < -0.39 is 23.6 Å². The number of carboxylic acids is 2. The second-order valence-electron chi connectivity index (χ2n) is 3.06. The number of rotatable bonds is 4. The standard InChI is InChI=1S/C11H10O5/c12-9(11(15)16)8(10(13)14)6-7-4-2-1-3-5-7/h1-6,9,12H,(H,13,14)(H,15,16). The van der Waals surface area contributed by atoms with Crippen molar-refractivity contribution in [1.82, 2.24) is 0 Å². The third-order valence-electron chi connectivity index (χ3n) is 1.90. The van der Waals surface area contributed by atoms with Crippen molar-refractivity contribution in [2.24, 2.45) is 0 Å². The lowest BCUT2D eigenvalue weighted by Gasteiger charge is -2.06. The van der Waals surface area contributed by atoms with Gasteiger partial charge >= 0.3 is 11.9 Å². The van der Waals surface area contributed by atoms with E-state index in [0.29, 0.717) is 5.56 Å². The molecule has 0 bridgehead atoms. The fourth-order valence-corrected chi connectivity index (χ4v) is 1.12. The summed E-state index contributed by atoms with van der Waals surface area (Å²) in [7, 11) is 0. The van der Waals surface area contributed by atoms with Gasteiger partial charge in [-0.05, 0) is 11.6 Å². The zero-order valence-electron chi connectivity index (χ0n) is 8.20. The van der Waals surface area contributed by atoms with Gasteiger partial charge in [-0.2, -0.15) is 0 Å². The van der Waals surface area contributed by atoms with Gasteiger partial charge in [-0.15, -0.1) is 0 Å². The molecule has 84 valence electrons. The summed E-state index contributed by atoms with van der Waals surface area (Å²) in [6.45, 7) is 0. The molecule has 1 atom stereocenters.